The molecule has 0 bridgehead atoms. The first-order valence-corrected chi connectivity index (χ1v) is 9.01. The zero-order chi connectivity index (χ0) is 18.5. The van der Waals surface area contributed by atoms with Crippen molar-refractivity contribution in [2.24, 2.45) is 5.10 Å². The van der Waals surface area contributed by atoms with Crippen LogP contribution in [0.3, 0.4) is 0 Å². The summed E-state index contributed by atoms with van der Waals surface area (Å²) in [6.07, 6.45) is 6.47. The second-order valence-corrected chi connectivity index (χ2v) is 6.80. The van der Waals surface area contributed by atoms with Crippen molar-refractivity contribution in [3.8, 4) is 11.5 Å². The first kappa shape index (κ1) is 18.0. The summed E-state index contributed by atoms with van der Waals surface area (Å²) in [7, 11) is 0. The van der Waals surface area contributed by atoms with Gasteiger partial charge in [-0.3, -0.25) is 4.79 Å². The molecule has 1 saturated carbocycles. The fraction of sp³-hybridized carbons (Fsp3) is 0.333. The van der Waals surface area contributed by atoms with Gasteiger partial charge in [-0.1, -0.05) is 43.5 Å². The van der Waals surface area contributed by atoms with E-state index in [9.17, 15) is 15.0 Å². The van der Waals surface area contributed by atoms with Crippen LogP contribution >= 0.6 is 0 Å². The topological polar surface area (TPSA) is 81.9 Å². The number of phenols is 2. The molecule has 0 heterocycles. The minimum Gasteiger partial charge on any atom is -0.508 e. The van der Waals surface area contributed by atoms with E-state index in [0.717, 1.165) is 5.56 Å². The van der Waals surface area contributed by atoms with Crippen LogP contribution in [-0.2, 0) is 0 Å². The molecule has 3 N–H and O–H groups in total. The Labute approximate surface area is 153 Å². The van der Waals surface area contributed by atoms with Crippen molar-refractivity contribution < 1.29 is 15.0 Å². The average molecular weight is 352 g/mol. The van der Waals surface area contributed by atoms with Crippen LogP contribution in [-0.4, -0.2) is 21.8 Å². The number of phenolic OH excluding ortho intramolecular Hbond substituents is 2. The number of benzene rings is 2. The van der Waals surface area contributed by atoms with E-state index in [1.54, 1.807) is 0 Å². The molecule has 0 aliphatic heterocycles. The van der Waals surface area contributed by atoms with Gasteiger partial charge < -0.3 is 10.2 Å². The van der Waals surface area contributed by atoms with Crippen LogP contribution in [0.2, 0.25) is 0 Å². The van der Waals surface area contributed by atoms with Crippen molar-refractivity contribution in [3.63, 3.8) is 0 Å². The molecule has 5 heteroatoms. The van der Waals surface area contributed by atoms with E-state index in [1.807, 2.05) is 19.1 Å². The maximum Gasteiger partial charge on any atom is 0.275 e. The van der Waals surface area contributed by atoms with Crippen molar-refractivity contribution in [1.29, 1.82) is 0 Å². The SMILES string of the molecule is C/C(=N\NC(=O)c1cc(O)ccc1O)c1ccc(C2CCCCC2)cc1. The molecule has 2 aromatic rings. The molecule has 2 aromatic carbocycles. The number of hydrazone groups is 1. The van der Waals surface area contributed by atoms with Gasteiger partial charge in [0.25, 0.3) is 5.91 Å². The van der Waals surface area contributed by atoms with Gasteiger partial charge in [0.05, 0.1) is 11.3 Å². The Morgan fingerprint density at radius 2 is 1.73 bits per heavy atom. The minimum atomic E-state index is -0.573. The predicted octanol–water partition coefficient (Wildman–Crippen LogP) is 4.30. The van der Waals surface area contributed by atoms with Crippen LogP contribution in [0, 0.1) is 0 Å². The van der Waals surface area contributed by atoms with Crippen molar-refractivity contribution in [1.82, 2.24) is 5.43 Å². The van der Waals surface area contributed by atoms with Crippen LogP contribution in [0.1, 0.15) is 66.4 Å². The summed E-state index contributed by atoms with van der Waals surface area (Å²) in [6, 6.07) is 12.1. The molecule has 136 valence electrons. The van der Waals surface area contributed by atoms with Crippen molar-refractivity contribution in [2.45, 2.75) is 44.9 Å². The quantitative estimate of drug-likeness (QED) is 0.436. The summed E-state index contributed by atoms with van der Waals surface area (Å²) in [6.45, 7) is 1.82. The van der Waals surface area contributed by atoms with Gasteiger partial charge in [-0.05, 0) is 55.0 Å². The number of aromatic hydroxyl groups is 2. The molecule has 0 atom stereocenters. The molecule has 0 radical (unpaired) electrons. The van der Waals surface area contributed by atoms with Crippen molar-refractivity contribution in [3.05, 3.63) is 59.2 Å². The minimum absolute atomic E-state index is 0.0193. The normalized spacial score (nSPS) is 15.7. The Kier molecular flexibility index (Phi) is 5.56. The summed E-state index contributed by atoms with van der Waals surface area (Å²) in [5.74, 6) is -0.211. The first-order valence-electron chi connectivity index (χ1n) is 9.01. The van der Waals surface area contributed by atoms with Gasteiger partial charge in [0.2, 0.25) is 0 Å². The number of nitrogens with zero attached hydrogens (tertiary/aromatic N) is 1. The number of nitrogens with one attached hydrogen (secondary N) is 1. The number of carbonyl (C=O) groups excluding carboxylic acids is 1. The fourth-order valence-electron chi connectivity index (χ4n) is 3.40. The number of rotatable bonds is 4. The summed E-state index contributed by atoms with van der Waals surface area (Å²) in [5, 5.41) is 23.3. The summed E-state index contributed by atoms with van der Waals surface area (Å²) in [4.78, 5) is 12.1. The molecule has 0 aromatic heterocycles. The molecule has 3 rings (SSSR count). The highest BCUT2D eigenvalue weighted by Crippen LogP contribution is 2.32. The van der Waals surface area contributed by atoms with Crippen molar-refractivity contribution >= 4 is 11.6 Å². The van der Waals surface area contributed by atoms with Crippen LogP contribution in [0.15, 0.2) is 47.6 Å². The smallest absolute Gasteiger partial charge is 0.275 e. The number of amides is 1. The Morgan fingerprint density at radius 3 is 2.42 bits per heavy atom. The molecule has 5 nitrogen and oxygen atoms in total. The van der Waals surface area contributed by atoms with Crippen LogP contribution in [0.5, 0.6) is 11.5 Å². The molecule has 1 aliphatic carbocycles. The van der Waals surface area contributed by atoms with E-state index in [1.165, 1.54) is 55.9 Å². The van der Waals surface area contributed by atoms with Gasteiger partial charge >= 0.3 is 0 Å². The summed E-state index contributed by atoms with van der Waals surface area (Å²) < 4.78 is 0. The molecule has 0 spiro atoms. The standard InChI is InChI=1S/C21H24N2O3/c1-14(22-23-21(26)19-13-18(24)11-12-20(19)25)15-7-9-17(10-8-15)16-5-3-2-4-6-16/h7-13,16,24-25H,2-6H2,1H3,(H,23,26)/b22-14+. The van der Waals surface area contributed by atoms with E-state index >= 15 is 0 Å². The van der Waals surface area contributed by atoms with Gasteiger partial charge in [-0.2, -0.15) is 5.10 Å². The first-order chi connectivity index (χ1) is 12.5. The highest BCUT2D eigenvalue weighted by molar-refractivity contribution is 6.01. The van der Waals surface area contributed by atoms with E-state index in [-0.39, 0.29) is 17.1 Å². The van der Waals surface area contributed by atoms with Crippen LogP contribution in [0.25, 0.3) is 0 Å². The highest BCUT2D eigenvalue weighted by Gasteiger charge is 2.15. The molecule has 0 unspecified atom stereocenters. The third-order valence-corrected chi connectivity index (χ3v) is 4.95. The second kappa shape index (κ2) is 8.04. The lowest BCUT2D eigenvalue weighted by molar-refractivity contribution is 0.0951. The second-order valence-electron chi connectivity index (χ2n) is 6.80. The molecule has 1 aliphatic rings. The highest BCUT2D eigenvalue weighted by atomic mass is 16.3. The Balaban J connectivity index is 1.67. The fourth-order valence-corrected chi connectivity index (χ4v) is 3.40. The van der Waals surface area contributed by atoms with Gasteiger partial charge in [0, 0.05) is 0 Å². The molecular formula is C21H24N2O3. The molecule has 1 amide bonds. The Morgan fingerprint density at radius 1 is 1.04 bits per heavy atom. The van der Waals surface area contributed by atoms with Crippen molar-refractivity contribution in [2.75, 3.05) is 0 Å². The van der Waals surface area contributed by atoms with Gasteiger partial charge in [0.1, 0.15) is 11.5 Å². The van der Waals surface area contributed by atoms with Gasteiger partial charge in [0.15, 0.2) is 0 Å². The largest absolute Gasteiger partial charge is 0.508 e. The molecule has 1 fully saturated rings. The number of hydrogen-bond donors (Lipinski definition) is 3. The summed E-state index contributed by atoms with van der Waals surface area (Å²) in [5.41, 5.74) is 5.38. The Bertz CT molecular complexity index is 807. The third kappa shape index (κ3) is 4.23. The van der Waals surface area contributed by atoms with E-state index < -0.39 is 5.91 Å². The zero-order valence-corrected chi connectivity index (χ0v) is 14.9. The third-order valence-electron chi connectivity index (χ3n) is 4.95. The number of carbonyl (C=O) groups is 1. The monoisotopic (exact) mass is 352 g/mol. The Hall–Kier alpha value is -2.82. The van der Waals surface area contributed by atoms with Gasteiger partial charge in [-0.25, -0.2) is 5.43 Å². The van der Waals surface area contributed by atoms with E-state index in [0.29, 0.717) is 11.6 Å². The molecule has 0 saturated heterocycles. The van der Waals surface area contributed by atoms with Gasteiger partial charge in [-0.15, -0.1) is 0 Å². The summed E-state index contributed by atoms with van der Waals surface area (Å²) >= 11 is 0. The van der Waals surface area contributed by atoms with E-state index in [2.05, 4.69) is 22.7 Å². The van der Waals surface area contributed by atoms with Crippen LogP contribution < -0.4 is 5.43 Å². The maximum absolute atomic E-state index is 12.1. The van der Waals surface area contributed by atoms with E-state index in [4.69, 9.17) is 0 Å². The predicted molar refractivity (Wildman–Crippen MR) is 102 cm³/mol. The lowest BCUT2D eigenvalue weighted by atomic mass is 9.84. The number of hydrogen-bond acceptors (Lipinski definition) is 4. The van der Waals surface area contributed by atoms with Crippen LogP contribution in [0.4, 0.5) is 0 Å². The molecular weight excluding hydrogens is 328 g/mol. The maximum atomic E-state index is 12.1. The molecule has 26 heavy (non-hydrogen) atoms. The average Bonchev–Trinajstić information content (AvgIpc) is 2.68. The lowest BCUT2D eigenvalue weighted by Gasteiger charge is -2.22. The lowest BCUT2D eigenvalue weighted by Crippen LogP contribution is -2.19. The zero-order valence-electron chi connectivity index (χ0n) is 14.9.